The Hall–Kier alpha value is -1.96. The van der Waals surface area contributed by atoms with Crippen LogP contribution in [0.25, 0.3) is 0 Å². The number of nitrogens with zero attached hydrogens (tertiary/aromatic N) is 1. The van der Waals surface area contributed by atoms with Gasteiger partial charge in [-0.15, -0.1) is 0 Å². The molecule has 3 aliphatic rings. The van der Waals surface area contributed by atoms with Gasteiger partial charge >= 0.3 is 0 Å². The molecule has 1 aromatic rings. The molecule has 2 aliphatic heterocycles. The molecular weight excluding hydrogens is 418 g/mol. The highest BCUT2D eigenvalue weighted by Crippen LogP contribution is 2.38. The Labute approximate surface area is 197 Å². The summed E-state index contributed by atoms with van der Waals surface area (Å²) in [6.07, 6.45) is 9.33. The zero-order chi connectivity index (χ0) is 23.0. The molecule has 33 heavy (non-hydrogen) atoms. The van der Waals surface area contributed by atoms with Gasteiger partial charge in [0.05, 0.1) is 24.8 Å². The number of benzene rings is 1. The molecule has 2 heterocycles. The van der Waals surface area contributed by atoms with Crippen LogP contribution < -0.4 is 15.4 Å². The number of carbonyl (C=O) groups excluding carboxylic acids is 2. The number of likely N-dealkylation sites (tertiary alicyclic amines) is 1. The monoisotopic (exact) mass is 457 g/mol. The van der Waals surface area contributed by atoms with Crippen molar-refractivity contribution in [3.8, 4) is 5.75 Å². The number of amides is 1. The summed E-state index contributed by atoms with van der Waals surface area (Å²) in [4.78, 5) is 25.7. The summed E-state index contributed by atoms with van der Waals surface area (Å²) in [5.74, 6) is 1.44. The summed E-state index contributed by atoms with van der Waals surface area (Å²) in [5.41, 5.74) is 1.20. The van der Waals surface area contributed by atoms with Gasteiger partial charge in [0.1, 0.15) is 12.4 Å². The van der Waals surface area contributed by atoms with Crippen molar-refractivity contribution in [3.63, 3.8) is 0 Å². The van der Waals surface area contributed by atoms with Crippen LogP contribution in [0.4, 0.5) is 0 Å². The standard InChI is InChI=1S/C26H39N3O4/c1-29-15-5-8-24(29)26(31)28-22-7-4-14-27-23(22)18-33-20-12-10-19(11-13-20)21-6-2-3-9-25(21)32-17-16-30/h2-3,6,9,16,19-20,22-24,27H,4-5,7-8,10-15,17-18H2,1H3,(H,28,31)/t19?,20?,22-,23-,24+/m0/s1. The highest BCUT2D eigenvalue weighted by molar-refractivity contribution is 5.82. The van der Waals surface area contributed by atoms with Gasteiger partial charge in [-0.25, -0.2) is 0 Å². The molecule has 0 aromatic heterocycles. The molecule has 182 valence electrons. The maximum Gasteiger partial charge on any atom is 0.237 e. The number of para-hydroxylation sites is 1. The molecule has 1 aromatic carbocycles. The summed E-state index contributed by atoms with van der Waals surface area (Å²) >= 11 is 0. The highest BCUT2D eigenvalue weighted by atomic mass is 16.5. The van der Waals surface area contributed by atoms with Gasteiger partial charge < -0.3 is 20.1 Å². The summed E-state index contributed by atoms with van der Waals surface area (Å²) in [6.45, 7) is 2.72. The van der Waals surface area contributed by atoms with Crippen LogP contribution in [0.2, 0.25) is 0 Å². The lowest BCUT2D eigenvalue weighted by Crippen LogP contribution is -2.58. The van der Waals surface area contributed by atoms with Crippen LogP contribution in [-0.2, 0) is 14.3 Å². The van der Waals surface area contributed by atoms with Crippen LogP contribution in [-0.4, -0.2) is 74.7 Å². The van der Waals surface area contributed by atoms with Crippen molar-refractivity contribution in [2.75, 3.05) is 33.4 Å². The summed E-state index contributed by atoms with van der Waals surface area (Å²) in [6, 6.07) is 8.39. The molecule has 7 nitrogen and oxygen atoms in total. The Bertz CT molecular complexity index is 781. The summed E-state index contributed by atoms with van der Waals surface area (Å²) in [7, 11) is 2.04. The third-order valence-corrected chi connectivity index (χ3v) is 7.59. The second-order valence-electron chi connectivity index (χ2n) is 9.78. The smallest absolute Gasteiger partial charge is 0.237 e. The predicted molar refractivity (Wildman–Crippen MR) is 128 cm³/mol. The normalized spacial score (nSPS) is 30.6. The summed E-state index contributed by atoms with van der Waals surface area (Å²) < 4.78 is 12.0. The number of likely N-dealkylation sites (N-methyl/N-ethyl adjacent to an activating group) is 1. The van der Waals surface area contributed by atoms with E-state index in [1.54, 1.807) is 0 Å². The second-order valence-corrected chi connectivity index (χ2v) is 9.78. The van der Waals surface area contributed by atoms with Gasteiger partial charge in [-0.1, -0.05) is 18.2 Å². The molecule has 1 amide bonds. The van der Waals surface area contributed by atoms with Gasteiger partial charge in [0, 0.05) is 6.04 Å². The van der Waals surface area contributed by atoms with Crippen molar-refractivity contribution in [1.82, 2.24) is 15.5 Å². The van der Waals surface area contributed by atoms with Gasteiger partial charge in [-0.3, -0.25) is 14.5 Å². The number of carbonyl (C=O) groups is 2. The van der Waals surface area contributed by atoms with Gasteiger partial charge in [-0.2, -0.15) is 0 Å². The fraction of sp³-hybridized carbons (Fsp3) is 0.692. The molecule has 2 saturated heterocycles. The molecule has 7 heteroatoms. The summed E-state index contributed by atoms with van der Waals surface area (Å²) in [5, 5.41) is 6.90. The topological polar surface area (TPSA) is 79.9 Å². The fourth-order valence-electron chi connectivity index (χ4n) is 5.67. The molecule has 1 aliphatic carbocycles. The third-order valence-electron chi connectivity index (χ3n) is 7.59. The molecular formula is C26H39N3O4. The SMILES string of the molecule is CN1CCC[C@@H]1C(=O)N[C@H]1CCCN[C@H]1COC1CCC(c2ccccc2OCC=O)CC1. The zero-order valence-corrected chi connectivity index (χ0v) is 19.8. The van der Waals surface area contributed by atoms with Gasteiger partial charge in [-0.05, 0) is 89.1 Å². The number of rotatable bonds is 9. The highest BCUT2D eigenvalue weighted by Gasteiger charge is 2.33. The van der Waals surface area contributed by atoms with E-state index in [0.717, 1.165) is 76.5 Å². The predicted octanol–water partition coefficient (Wildman–Crippen LogP) is 2.64. The van der Waals surface area contributed by atoms with E-state index < -0.39 is 0 Å². The fourth-order valence-corrected chi connectivity index (χ4v) is 5.67. The minimum atomic E-state index is 0.0159. The first-order valence-electron chi connectivity index (χ1n) is 12.7. The Kier molecular flexibility index (Phi) is 8.75. The van der Waals surface area contributed by atoms with E-state index in [1.807, 2.05) is 25.2 Å². The number of aldehydes is 1. The van der Waals surface area contributed by atoms with Gasteiger partial charge in [0.2, 0.25) is 5.91 Å². The van der Waals surface area contributed by atoms with E-state index in [2.05, 4.69) is 21.6 Å². The molecule has 3 atom stereocenters. The number of piperidine rings is 1. The lowest BCUT2D eigenvalue weighted by Gasteiger charge is -2.36. The van der Waals surface area contributed by atoms with E-state index >= 15 is 0 Å². The molecule has 4 rings (SSSR count). The minimum Gasteiger partial charge on any atom is -0.486 e. The minimum absolute atomic E-state index is 0.0159. The Morgan fingerprint density at radius 3 is 2.73 bits per heavy atom. The van der Waals surface area contributed by atoms with Crippen molar-refractivity contribution in [3.05, 3.63) is 29.8 Å². The average molecular weight is 458 g/mol. The molecule has 2 N–H and O–H groups in total. The Morgan fingerprint density at radius 2 is 1.97 bits per heavy atom. The van der Waals surface area contributed by atoms with Crippen molar-refractivity contribution in [2.24, 2.45) is 0 Å². The molecule has 3 fully saturated rings. The van der Waals surface area contributed by atoms with Crippen molar-refractivity contribution < 1.29 is 19.1 Å². The molecule has 0 unspecified atom stereocenters. The van der Waals surface area contributed by atoms with Crippen LogP contribution in [0, 0.1) is 0 Å². The quantitative estimate of drug-likeness (QED) is 0.555. The van der Waals surface area contributed by atoms with E-state index in [9.17, 15) is 9.59 Å². The number of nitrogens with one attached hydrogen (secondary N) is 2. The van der Waals surface area contributed by atoms with Crippen molar-refractivity contribution in [2.45, 2.75) is 81.5 Å². The lowest BCUT2D eigenvalue weighted by molar-refractivity contribution is -0.126. The van der Waals surface area contributed by atoms with E-state index in [0.29, 0.717) is 12.5 Å². The lowest BCUT2D eigenvalue weighted by atomic mass is 9.82. The van der Waals surface area contributed by atoms with Crippen LogP contribution >= 0.6 is 0 Å². The molecule has 1 saturated carbocycles. The van der Waals surface area contributed by atoms with Gasteiger partial charge in [0.15, 0.2) is 6.29 Å². The van der Waals surface area contributed by atoms with E-state index in [1.165, 1.54) is 5.56 Å². The molecule has 0 radical (unpaired) electrons. The van der Waals surface area contributed by atoms with E-state index in [-0.39, 0.29) is 36.7 Å². The zero-order valence-electron chi connectivity index (χ0n) is 19.8. The van der Waals surface area contributed by atoms with Gasteiger partial charge in [0.25, 0.3) is 0 Å². The van der Waals surface area contributed by atoms with Crippen LogP contribution in [0.3, 0.4) is 0 Å². The first kappa shape index (κ1) is 24.2. The van der Waals surface area contributed by atoms with Crippen LogP contribution in [0.5, 0.6) is 5.75 Å². The maximum absolute atomic E-state index is 12.8. The number of ether oxygens (including phenoxy) is 2. The second kappa shape index (κ2) is 12.0. The third kappa shape index (κ3) is 6.34. The molecule has 0 bridgehead atoms. The van der Waals surface area contributed by atoms with Crippen LogP contribution in [0.1, 0.15) is 62.8 Å². The van der Waals surface area contributed by atoms with E-state index in [4.69, 9.17) is 9.47 Å². The van der Waals surface area contributed by atoms with Crippen molar-refractivity contribution in [1.29, 1.82) is 0 Å². The maximum atomic E-state index is 12.8. The molecule has 0 spiro atoms. The number of hydrogen-bond acceptors (Lipinski definition) is 6. The number of hydrogen-bond donors (Lipinski definition) is 2. The Morgan fingerprint density at radius 1 is 1.15 bits per heavy atom. The Balaban J connectivity index is 1.25. The first-order valence-corrected chi connectivity index (χ1v) is 12.7. The van der Waals surface area contributed by atoms with Crippen LogP contribution in [0.15, 0.2) is 24.3 Å². The average Bonchev–Trinajstić information content (AvgIpc) is 3.29. The largest absolute Gasteiger partial charge is 0.486 e. The first-order chi connectivity index (χ1) is 16.2. The van der Waals surface area contributed by atoms with Crippen molar-refractivity contribution >= 4 is 12.2 Å².